The minimum atomic E-state index is -0.736. The fourth-order valence-electron chi connectivity index (χ4n) is 2.94. The number of nitrogens with zero attached hydrogens (tertiary/aromatic N) is 3. The second-order valence-electron chi connectivity index (χ2n) is 5.48. The first-order valence-corrected chi connectivity index (χ1v) is 7.42. The molecule has 2 rings (SSSR count). The number of anilines is 1. The second kappa shape index (κ2) is 6.24. The molecule has 1 N–H and O–H groups in total. The number of carboxylic acid groups (broad SMARTS) is 1. The first kappa shape index (κ1) is 14.8. The van der Waals surface area contributed by atoms with E-state index >= 15 is 0 Å². The predicted molar refractivity (Wildman–Crippen MR) is 74.7 cm³/mol. The van der Waals surface area contributed by atoms with Gasteiger partial charge in [0.05, 0.1) is 5.41 Å². The van der Waals surface area contributed by atoms with E-state index in [4.69, 9.17) is 4.52 Å². The van der Waals surface area contributed by atoms with Gasteiger partial charge in [-0.2, -0.15) is 4.98 Å². The molecule has 1 saturated carbocycles. The Balaban J connectivity index is 2.13. The fourth-order valence-corrected chi connectivity index (χ4v) is 2.94. The van der Waals surface area contributed by atoms with Gasteiger partial charge in [0, 0.05) is 19.5 Å². The van der Waals surface area contributed by atoms with E-state index in [1.54, 1.807) is 0 Å². The molecular formula is C14H23N3O3. The highest BCUT2D eigenvalue weighted by Crippen LogP contribution is 2.39. The average Bonchev–Trinajstić information content (AvgIpc) is 2.89. The van der Waals surface area contributed by atoms with Gasteiger partial charge in [-0.25, -0.2) is 0 Å². The molecule has 0 radical (unpaired) electrons. The van der Waals surface area contributed by atoms with Crippen LogP contribution in [0.1, 0.15) is 51.8 Å². The lowest BCUT2D eigenvalue weighted by Crippen LogP contribution is -2.35. The third-order valence-electron chi connectivity index (χ3n) is 4.26. The molecule has 0 saturated heterocycles. The summed E-state index contributed by atoms with van der Waals surface area (Å²) in [5.41, 5.74) is -0.717. The third kappa shape index (κ3) is 2.94. The highest BCUT2D eigenvalue weighted by molar-refractivity contribution is 5.75. The van der Waals surface area contributed by atoms with Gasteiger partial charge in [0.15, 0.2) is 0 Å². The quantitative estimate of drug-likeness (QED) is 0.863. The third-order valence-corrected chi connectivity index (χ3v) is 4.26. The monoisotopic (exact) mass is 281 g/mol. The zero-order valence-electron chi connectivity index (χ0n) is 12.3. The summed E-state index contributed by atoms with van der Waals surface area (Å²) in [5.74, 6) is 0.261. The van der Waals surface area contributed by atoms with Crippen molar-refractivity contribution in [3.05, 3.63) is 5.89 Å². The van der Waals surface area contributed by atoms with Crippen LogP contribution in [0.15, 0.2) is 4.52 Å². The van der Waals surface area contributed by atoms with E-state index in [0.29, 0.717) is 31.1 Å². The van der Waals surface area contributed by atoms with Crippen molar-refractivity contribution >= 4 is 11.9 Å². The summed E-state index contributed by atoms with van der Waals surface area (Å²) in [6.45, 7) is 5.66. The van der Waals surface area contributed by atoms with E-state index in [9.17, 15) is 9.90 Å². The zero-order valence-corrected chi connectivity index (χ0v) is 12.3. The number of carboxylic acids is 1. The van der Waals surface area contributed by atoms with Crippen molar-refractivity contribution in [3.8, 4) is 0 Å². The van der Waals surface area contributed by atoms with Crippen LogP contribution < -0.4 is 4.90 Å². The van der Waals surface area contributed by atoms with Gasteiger partial charge < -0.3 is 14.5 Å². The first-order chi connectivity index (χ1) is 9.61. The minimum absolute atomic E-state index is 0.344. The summed E-state index contributed by atoms with van der Waals surface area (Å²) < 4.78 is 5.26. The molecule has 0 spiro atoms. The van der Waals surface area contributed by atoms with Gasteiger partial charge in [-0.15, -0.1) is 0 Å². The van der Waals surface area contributed by atoms with Crippen LogP contribution in [0.5, 0.6) is 0 Å². The lowest BCUT2D eigenvalue weighted by atomic mass is 9.72. The summed E-state index contributed by atoms with van der Waals surface area (Å²) in [7, 11) is 0. The lowest BCUT2D eigenvalue weighted by Gasteiger charge is -2.31. The second-order valence-corrected chi connectivity index (χ2v) is 5.48. The van der Waals surface area contributed by atoms with E-state index in [0.717, 1.165) is 32.4 Å². The summed E-state index contributed by atoms with van der Waals surface area (Å²) >= 11 is 0. The molecule has 0 aliphatic heterocycles. The molecule has 6 heteroatoms. The molecular weight excluding hydrogens is 258 g/mol. The molecule has 20 heavy (non-hydrogen) atoms. The lowest BCUT2D eigenvalue weighted by molar-refractivity contribution is -0.151. The Labute approximate surface area is 119 Å². The fraction of sp³-hybridized carbons (Fsp3) is 0.786. The van der Waals surface area contributed by atoms with Gasteiger partial charge in [0.2, 0.25) is 5.89 Å². The Morgan fingerprint density at radius 3 is 2.50 bits per heavy atom. The molecule has 0 bridgehead atoms. The molecule has 1 fully saturated rings. The Bertz CT molecular complexity index is 448. The summed E-state index contributed by atoms with van der Waals surface area (Å²) in [6.07, 6.45) is 4.78. The molecule has 0 amide bonds. The summed E-state index contributed by atoms with van der Waals surface area (Å²) in [6, 6.07) is 0. The maximum absolute atomic E-state index is 11.6. The molecule has 0 aromatic carbocycles. The molecule has 1 aliphatic rings. The van der Waals surface area contributed by atoms with Crippen molar-refractivity contribution in [2.24, 2.45) is 5.41 Å². The maximum Gasteiger partial charge on any atom is 0.310 e. The Morgan fingerprint density at radius 1 is 1.30 bits per heavy atom. The molecule has 0 unspecified atom stereocenters. The van der Waals surface area contributed by atoms with Crippen LogP contribution in [-0.2, 0) is 11.2 Å². The normalized spacial score (nSPS) is 17.9. The van der Waals surface area contributed by atoms with Crippen LogP contribution >= 0.6 is 0 Å². The highest BCUT2D eigenvalue weighted by atomic mass is 16.5. The topological polar surface area (TPSA) is 79.5 Å². The van der Waals surface area contributed by atoms with Gasteiger partial charge in [0.1, 0.15) is 0 Å². The number of carbonyl (C=O) groups is 1. The molecule has 1 aliphatic carbocycles. The Morgan fingerprint density at radius 2 is 1.95 bits per heavy atom. The van der Waals surface area contributed by atoms with Crippen molar-refractivity contribution in [2.45, 2.75) is 52.4 Å². The van der Waals surface area contributed by atoms with Crippen LogP contribution in [0.4, 0.5) is 5.95 Å². The van der Waals surface area contributed by atoms with Crippen LogP contribution in [-0.4, -0.2) is 34.3 Å². The highest BCUT2D eigenvalue weighted by Gasteiger charge is 2.41. The van der Waals surface area contributed by atoms with E-state index in [1.807, 2.05) is 18.7 Å². The van der Waals surface area contributed by atoms with Gasteiger partial charge in [-0.3, -0.25) is 4.79 Å². The van der Waals surface area contributed by atoms with Gasteiger partial charge in [-0.05, 0) is 31.8 Å². The zero-order chi connectivity index (χ0) is 14.6. The molecule has 112 valence electrons. The van der Waals surface area contributed by atoms with Crippen molar-refractivity contribution in [1.29, 1.82) is 0 Å². The molecule has 1 aromatic heterocycles. The van der Waals surface area contributed by atoms with Crippen molar-refractivity contribution in [3.63, 3.8) is 0 Å². The molecule has 1 aromatic rings. The van der Waals surface area contributed by atoms with Crippen LogP contribution in [0, 0.1) is 5.41 Å². The van der Waals surface area contributed by atoms with E-state index < -0.39 is 11.4 Å². The predicted octanol–water partition coefficient (Wildman–Crippen LogP) is 2.49. The first-order valence-electron chi connectivity index (χ1n) is 7.42. The van der Waals surface area contributed by atoms with Crippen molar-refractivity contribution < 1.29 is 14.4 Å². The largest absolute Gasteiger partial charge is 0.481 e. The van der Waals surface area contributed by atoms with Crippen LogP contribution in [0.25, 0.3) is 0 Å². The number of aliphatic carboxylic acids is 1. The Kier molecular flexibility index (Phi) is 4.62. The van der Waals surface area contributed by atoms with Crippen LogP contribution in [0.2, 0.25) is 0 Å². The van der Waals surface area contributed by atoms with Crippen LogP contribution in [0.3, 0.4) is 0 Å². The van der Waals surface area contributed by atoms with Gasteiger partial charge in [-0.1, -0.05) is 19.3 Å². The van der Waals surface area contributed by atoms with E-state index in [2.05, 4.69) is 10.1 Å². The molecule has 0 atom stereocenters. The summed E-state index contributed by atoms with van der Waals surface area (Å²) in [5, 5.41) is 13.5. The SMILES string of the molecule is CCN(CC)c1noc(CC2(C(=O)O)CCCCC2)n1. The van der Waals surface area contributed by atoms with Crippen molar-refractivity contribution in [2.75, 3.05) is 18.0 Å². The molecule has 1 heterocycles. The number of rotatable bonds is 6. The van der Waals surface area contributed by atoms with Gasteiger partial charge >= 0.3 is 5.97 Å². The molecule has 6 nitrogen and oxygen atoms in total. The number of aromatic nitrogens is 2. The van der Waals surface area contributed by atoms with E-state index in [-0.39, 0.29) is 0 Å². The number of hydrogen-bond acceptors (Lipinski definition) is 5. The van der Waals surface area contributed by atoms with Gasteiger partial charge in [0.25, 0.3) is 5.95 Å². The smallest absolute Gasteiger partial charge is 0.310 e. The van der Waals surface area contributed by atoms with E-state index in [1.165, 1.54) is 0 Å². The maximum atomic E-state index is 11.6. The average molecular weight is 281 g/mol. The number of hydrogen-bond donors (Lipinski definition) is 1. The standard InChI is InChI=1S/C14H23N3O3/c1-3-17(4-2)13-15-11(20-16-13)10-14(12(18)19)8-6-5-7-9-14/h3-10H2,1-2H3,(H,18,19). The summed E-state index contributed by atoms with van der Waals surface area (Å²) in [4.78, 5) is 18.0. The Hall–Kier alpha value is -1.59. The minimum Gasteiger partial charge on any atom is -0.481 e. The van der Waals surface area contributed by atoms with Crippen molar-refractivity contribution in [1.82, 2.24) is 10.1 Å².